The number of nitrogens with one attached hydrogen (secondary N) is 1. The zero-order chi connectivity index (χ0) is 9.84. The second kappa shape index (κ2) is 4.32. The normalized spacial score (nSPS) is 12.5. The summed E-state index contributed by atoms with van der Waals surface area (Å²) in [5.41, 5.74) is 0.974. The molecule has 1 atom stereocenters. The van der Waals surface area contributed by atoms with Crippen LogP contribution in [0.25, 0.3) is 0 Å². The SMILES string of the molecule is CC(S)C(=O)NCc1ccnn1C. The van der Waals surface area contributed by atoms with E-state index in [1.165, 1.54) is 0 Å². The molecule has 1 rings (SSSR count). The summed E-state index contributed by atoms with van der Waals surface area (Å²) in [6.07, 6.45) is 1.70. The van der Waals surface area contributed by atoms with Gasteiger partial charge >= 0.3 is 0 Å². The molecule has 0 saturated carbocycles. The predicted molar refractivity (Wildman–Crippen MR) is 53.5 cm³/mol. The minimum Gasteiger partial charge on any atom is -0.350 e. The van der Waals surface area contributed by atoms with E-state index in [0.29, 0.717) is 6.54 Å². The number of thiol groups is 1. The maximum absolute atomic E-state index is 11.1. The molecular formula is C8H13N3OS. The van der Waals surface area contributed by atoms with Gasteiger partial charge in [-0.15, -0.1) is 0 Å². The van der Waals surface area contributed by atoms with Crippen LogP contribution < -0.4 is 5.32 Å². The van der Waals surface area contributed by atoms with Crippen LogP contribution in [0, 0.1) is 0 Å². The van der Waals surface area contributed by atoms with Crippen molar-refractivity contribution in [2.45, 2.75) is 18.7 Å². The number of aromatic nitrogens is 2. The Hall–Kier alpha value is -0.970. The molecule has 0 aromatic carbocycles. The number of hydrogen-bond donors (Lipinski definition) is 2. The number of rotatable bonds is 3. The molecule has 1 aromatic heterocycles. The number of amides is 1. The zero-order valence-electron chi connectivity index (χ0n) is 7.69. The van der Waals surface area contributed by atoms with Crippen molar-refractivity contribution in [1.82, 2.24) is 15.1 Å². The van der Waals surface area contributed by atoms with Gasteiger partial charge in [-0.3, -0.25) is 9.48 Å². The summed E-state index contributed by atoms with van der Waals surface area (Å²) in [7, 11) is 1.84. The van der Waals surface area contributed by atoms with Crippen LogP contribution in [0.4, 0.5) is 0 Å². The van der Waals surface area contributed by atoms with Crippen LogP contribution in [0.3, 0.4) is 0 Å². The zero-order valence-corrected chi connectivity index (χ0v) is 8.58. The molecule has 1 unspecified atom stereocenters. The standard InChI is InChI=1S/C8H13N3OS/c1-6(13)8(12)9-5-7-3-4-10-11(7)2/h3-4,6,13H,5H2,1-2H3,(H,9,12). The Bertz CT molecular complexity index is 295. The third-order valence-corrected chi connectivity index (χ3v) is 1.98. The summed E-state index contributed by atoms with van der Waals surface area (Å²) < 4.78 is 1.73. The molecule has 0 spiro atoms. The molecule has 0 radical (unpaired) electrons. The fourth-order valence-corrected chi connectivity index (χ4v) is 0.991. The van der Waals surface area contributed by atoms with Crippen molar-refractivity contribution < 1.29 is 4.79 Å². The molecule has 0 aliphatic heterocycles. The van der Waals surface area contributed by atoms with Gasteiger partial charge in [-0.2, -0.15) is 17.7 Å². The van der Waals surface area contributed by atoms with Crippen molar-refractivity contribution in [1.29, 1.82) is 0 Å². The van der Waals surface area contributed by atoms with Crippen LogP contribution >= 0.6 is 12.6 Å². The highest BCUT2D eigenvalue weighted by molar-refractivity contribution is 7.81. The molecule has 0 saturated heterocycles. The minimum atomic E-state index is -0.270. The van der Waals surface area contributed by atoms with E-state index in [9.17, 15) is 4.79 Å². The van der Waals surface area contributed by atoms with Gasteiger partial charge in [-0.25, -0.2) is 0 Å². The molecule has 1 aromatic rings. The van der Waals surface area contributed by atoms with Crippen molar-refractivity contribution >= 4 is 18.5 Å². The van der Waals surface area contributed by atoms with E-state index in [1.54, 1.807) is 17.8 Å². The topological polar surface area (TPSA) is 46.9 Å². The molecule has 1 N–H and O–H groups in total. The Morgan fingerprint density at radius 3 is 3.00 bits per heavy atom. The average molecular weight is 199 g/mol. The van der Waals surface area contributed by atoms with Crippen LogP contribution in [-0.4, -0.2) is 20.9 Å². The van der Waals surface area contributed by atoms with Crippen molar-refractivity contribution in [2.24, 2.45) is 7.05 Å². The molecular weight excluding hydrogens is 186 g/mol. The van der Waals surface area contributed by atoms with Crippen molar-refractivity contribution in [2.75, 3.05) is 0 Å². The quantitative estimate of drug-likeness (QED) is 0.690. The molecule has 1 heterocycles. The summed E-state index contributed by atoms with van der Waals surface area (Å²) in [5.74, 6) is -0.0652. The van der Waals surface area contributed by atoms with Gasteiger partial charge in [0.25, 0.3) is 0 Å². The first-order chi connectivity index (χ1) is 6.11. The molecule has 0 aliphatic rings. The highest BCUT2D eigenvalue weighted by atomic mass is 32.1. The Kier molecular flexibility index (Phi) is 3.36. The van der Waals surface area contributed by atoms with Crippen LogP contribution in [0.15, 0.2) is 12.3 Å². The van der Waals surface area contributed by atoms with Crippen LogP contribution in [0.2, 0.25) is 0 Å². The van der Waals surface area contributed by atoms with Crippen LogP contribution in [-0.2, 0) is 18.4 Å². The Morgan fingerprint density at radius 1 is 1.85 bits per heavy atom. The average Bonchev–Trinajstić information content (AvgIpc) is 2.47. The van der Waals surface area contributed by atoms with Gasteiger partial charge in [0.2, 0.25) is 5.91 Å². The van der Waals surface area contributed by atoms with Crippen molar-refractivity contribution in [3.8, 4) is 0 Å². The lowest BCUT2D eigenvalue weighted by molar-refractivity contribution is -0.120. The molecule has 1 amide bonds. The van der Waals surface area contributed by atoms with E-state index in [2.05, 4.69) is 23.0 Å². The van der Waals surface area contributed by atoms with Crippen molar-refractivity contribution in [3.63, 3.8) is 0 Å². The third-order valence-electron chi connectivity index (χ3n) is 1.75. The first-order valence-corrected chi connectivity index (χ1v) is 4.55. The van der Waals surface area contributed by atoms with Gasteiger partial charge in [0.15, 0.2) is 0 Å². The molecule has 4 nitrogen and oxygen atoms in total. The summed E-state index contributed by atoms with van der Waals surface area (Å²) >= 11 is 4.02. The van der Waals surface area contributed by atoms with E-state index in [1.807, 2.05) is 13.1 Å². The Labute approximate surface area is 82.7 Å². The van der Waals surface area contributed by atoms with Crippen LogP contribution in [0.5, 0.6) is 0 Å². The predicted octanol–water partition coefficient (Wildman–Crippen LogP) is 0.355. The maximum atomic E-state index is 11.1. The molecule has 0 bridgehead atoms. The Morgan fingerprint density at radius 2 is 2.54 bits per heavy atom. The summed E-state index contributed by atoms with van der Waals surface area (Å²) in [5, 5.41) is 6.46. The monoisotopic (exact) mass is 199 g/mol. The van der Waals surface area contributed by atoms with Gasteiger partial charge in [-0.05, 0) is 13.0 Å². The summed E-state index contributed by atoms with van der Waals surface area (Å²) in [6.45, 7) is 2.24. The first kappa shape index (κ1) is 10.1. The molecule has 0 fully saturated rings. The lowest BCUT2D eigenvalue weighted by atomic mass is 10.4. The van der Waals surface area contributed by atoms with Crippen molar-refractivity contribution in [3.05, 3.63) is 18.0 Å². The fraction of sp³-hybridized carbons (Fsp3) is 0.500. The summed E-state index contributed by atoms with van der Waals surface area (Å²) in [4.78, 5) is 11.1. The van der Waals surface area contributed by atoms with E-state index in [4.69, 9.17) is 0 Å². The van der Waals surface area contributed by atoms with E-state index in [0.717, 1.165) is 5.69 Å². The van der Waals surface area contributed by atoms with E-state index >= 15 is 0 Å². The second-order valence-corrected chi connectivity index (χ2v) is 3.61. The number of hydrogen-bond acceptors (Lipinski definition) is 3. The minimum absolute atomic E-state index is 0.0652. The van der Waals surface area contributed by atoms with Gasteiger partial charge < -0.3 is 5.32 Å². The highest BCUT2D eigenvalue weighted by Gasteiger charge is 2.07. The van der Waals surface area contributed by atoms with Gasteiger partial charge in [-0.1, -0.05) is 0 Å². The number of aryl methyl sites for hydroxylation is 1. The van der Waals surface area contributed by atoms with Crippen LogP contribution in [0.1, 0.15) is 12.6 Å². The fourth-order valence-electron chi connectivity index (χ4n) is 0.900. The Balaban J connectivity index is 2.44. The maximum Gasteiger partial charge on any atom is 0.232 e. The van der Waals surface area contributed by atoms with E-state index < -0.39 is 0 Å². The van der Waals surface area contributed by atoms with Gasteiger partial charge in [0.05, 0.1) is 17.5 Å². The van der Waals surface area contributed by atoms with E-state index in [-0.39, 0.29) is 11.2 Å². The smallest absolute Gasteiger partial charge is 0.232 e. The molecule has 72 valence electrons. The number of carbonyl (C=O) groups is 1. The second-order valence-electron chi connectivity index (χ2n) is 2.84. The molecule has 0 aliphatic carbocycles. The molecule has 5 heteroatoms. The molecule has 13 heavy (non-hydrogen) atoms. The third kappa shape index (κ3) is 2.77. The first-order valence-electron chi connectivity index (χ1n) is 4.04. The number of carbonyl (C=O) groups excluding carboxylic acids is 1. The van der Waals surface area contributed by atoms with Gasteiger partial charge in [0.1, 0.15) is 0 Å². The number of nitrogens with zero attached hydrogens (tertiary/aromatic N) is 2. The van der Waals surface area contributed by atoms with Gasteiger partial charge in [0, 0.05) is 13.2 Å². The lowest BCUT2D eigenvalue weighted by Crippen LogP contribution is -2.29. The largest absolute Gasteiger partial charge is 0.350 e. The summed E-state index contributed by atoms with van der Waals surface area (Å²) in [6, 6.07) is 1.86. The highest BCUT2D eigenvalue weighted by Crippen LogP contribution is 1.97. The lowest BCUT2D eigenvalue weighted by Gasteiger charge is -2.06.